The molecule has 7 nitrogen and oxygen atoms in total. The average molecular weight is 344 g/mol. The van der Waals surface area contributed by atoms with Gasteiger partial charge in [-0.2, -0.15) is 0 Å². The van der Waals surface area contributed by atoms with E-state index in [4.69, 9.17) is 4.74 Å². The van der Waals surface area contributed by atoms with Crippen LogP contribution in [0.15, 0.2) is 36.4 Å². The van der Waals surface area contributed by atoms with Gasteiger partial charge in [0.15, 0.2) is 0 Å². The summed E-state index contributed by atoms with van der Waals surface area (Å²) in [6.45, 7) is 1.43. The number of hydrogen-bond acceptors (Lipinski definition) is 6. The van der Waals surface area contributed by atoms with Crippen LogP contribution in [0.4, 0.5) is 0 Å². The van der Waals surface area contributed by atoms with Crippen molar-refractivity contribution < 1.29 is 24.9 Å². The number of hydrazine groups is 1. The summed E-state index contributed by atoms with van der Waals surface area (Å²) in [4.78, 5) is 12.0. The van der Waals surface area contributed by atoms with Crippen molar-refractivity contribution in [1.29, 1.82) is 0 Å². The highest BCUT2D eigenvalue weighted by molar-refractivity contribution is 5.74. The van der Waals surface area contributed by atoms with Crippen LogP contribution in [0.25, 0.3) is 0 Å². The standard InChI is InChI=1S/C18H20N2O5/c1-10(21)20-16(14-6-4-12(25-2)8-18(14)24)9-15(19-20)13-5-3-11(22)7-17(13)23/h3-8,15-16,19,22-24H,9H2,1-2H3. The molecule has 7 heteroatoms. The minimum Gasteiger partial charge on any atom is -0.508 e. The highest BCUT2D eigenvalue weighted by atomic mass is 16.5. The van der Waals surface area contributed by atoms with Gasteiger partial charge in [0.1, 0.15) is 23.0 Å². The van der Waals surface area contributed by atoms with Crippen molar-refractivity contribution in [1.82, 2.24) is 10.4 Å². The first-order valence-electron chi connectivity index (χ1n) is 7.85. The van der Waals surface area contributed by atoms with E-state index in [1.54, 1.807) is 18.2 Å². The lowest BCUT2D eigenvalue weighted by Gasteiger charge is -2.24. The SMILES string of the molecule is COc1ccc(C2CC(c3ccc(O)cc3O)NN2C(C)=O)c(O)c1. The normalized spacial score (nSPS) is 19.8. The number of phenols is 3. The molecule has 0 saturated carbocycles. The highest BCUT2D eigenvalue weighted by Crippen LogP contribution is 2.43. The third-order valence-electron chi connectivity index (χ3n) is 4.39. The Kier molecular flexibility index (Phi) is 4.41. The molecule has 1 heterocycles. The van der Waals surface area contributed by atoms with Crippen molar-refractivity contribution in [2.24, 2.45) is 0 Å². The van der Waals surface area contributed by atoms with Crippen LogP contribution in [0, 0.1) is 0 Å². The Hall–Kier alpha value is -2.93. The van der Waals surface area contributed by atoms with Gasteiger partial charge in [-0.3, -0.25) is 9.80 Å². The van der Waals surface area contributed by atoms with Crippen molar-refractivity contribution in [3.8, 4) is 23.0 Å². The lowest BCUT2D eigenvalue weighted by Crippen LogP contribution is -2.37. The Balaban J connectivity index is 1.95. The van der Waals surface area contributed by atoms with Crippen LogP contribution >= 0.6 is 0 Å². The largest absolute Gasteiger partial charge is 0.508 e. The number of benzene rings is 2. The van der Waals surface area contributed by atoms with Crippen molar-refractivity contribution in [2.75, 3.05) is 7.11 Å². The van der Waals surface area contributed by atoms with Crippen LogP contribution in [0.1, 0.15) is 36.6 Å². The molecule has 1 aliphatic rings. The first-order valence-corrected chi connectivity index (χ1v) is 7.85. The number of rotatable bonds is 3. The number of nitrogens with zero attached hydrogens (tertiary/aromatic N) is 1. The van der Waals surface area contributed by atoms with Crippen molar-refractivity contribution >= 4 is 5.91 Å². The molecule has 0 radical (unpaired) electrons. The number of carbonyl (C=O) groups excluding carboxylic acids is 1. The Morgan fingerprint density at radius 3 is 2.40 bits per heavy atom. The fraction of sp³-hybridized carbons (Fsp3) is 0.278. The fourth-order valence-electron chi connectivity index (χ4n) is 3.17. The molecule has 2 atom stereocenters. The predicted octanol–water partition coefficient (Wildman–Crippen LogP) is 2.35. The van der Waals surface area contributed by atoms with Gasteiger partial charge in [-0.15, -0.1) is 0 Å². The minimum absolute atomic E-state index is 0.0352. The third-order valence-corrected chi connectivity index (χ3v) is 4.39. The summed E-state index contributed by atoms with van der Waals surface area (Å²) in [5, 5.41) is 31.3. The number of amides is 1. The minimum atomic E-state index is -0.401. The summed E-state index contributed by atoms with van der Waals surface area (Å²) in [5.74, 6) is 0.260. The average Bonchev–Trinajstić information content (AvgIpc) is 2.99. The van der Waals surface area contributed by atoms with E-state index in [2.05, 4.69) is 5.43 Å². The molecule has 1 saturated heterocycles. The Morgan fingerprint density at radius 1 is 1.12 bits per heavy atom. The second kappa shape index (κ2) is 6.52. The summed E-state index contributed by atoms with van der Waals surface area (Å²) in [5.41, 5.74) is 4.23. The van der Waals surface area contributed by atoms with Crippen LogP contribution < -0.4 is 10.2 Å². The summed E-state index contributed by atoms with van der Waals surface area (Å²) < 4.78 is 5.09. The van der Waals surface area contributed by atoms with Crippen LogP contribution in [-0.2, 0) is 4.79 Å². The number of phenolic OH excluding ortho intramolecular Hbond substituents is 3. The van der Waals surface area contributed by atoms with Gasteiger partial charge in [-0.05, 0) is 24.6 Å². The zero-order valence-electron chi connectivity index (χ0n) is 13.9. The molecular formula is C18H20N2O5. The smallest absolute Gasteiger partial charge is 0.234 e. The van der Waals surface area contributed by atoms with Crippen LogP contribution in [0.3, 0.4) is 0 Å². The number of hydrogen-bond donors (Lipinski definition) is 4. The molecule has 4 N–H and O–H groups in total. The van der Waals surface area contributed by atoms with E-state index in [1.165, 1.54) is 37.2 Å². The van der Waals surface area contributed by atoms with E-state index in [-0.39, 0.29) is 29.2 Å². The predicted molar refractivity (Wildman–Crippen MR) is 90.2 cm³/mol. The topological polar surface area (TPSA) is 102 Å². The molecule has 0 aliphatic carbocycles. The van der Waals surface area contributed by atoms with Gasteiger partial charge < -0.3 is 20.1 Å². The fourth-order valence-corrected chi connectivity index (χ4v) is 3.17. The molecule has 1 fully saturated rings. The third kappa shape index (κ3) is 3.18. The molecule has 0 spiro atoms. The van der Waals surface area contributed by atoms with Gasteiger partial charge >= 0.3 is 0 Å². The molecule has 132 valence electrons. The van der Waals surface area contributed by atoms with Gasteiger partial charge in [-0.1, -0.05) is 6.07 Å². The highest BCUT2D eigenvalue weighted by Gasteiger charge is 2.37. The van der Waals surface area contributed by atoms with E-state index in [9.17, 15) is 20.1 Å². The monoisotopic (exact) mass is 344 g/mol. The second-order valence-electron chi connectivity index (χ2n) is 5.99. The molecule has 1 amide bonds. The van der Waals surface area contributed by atoms with Crippen LogP contribution in [-0.4, -0.2) is 33.3 Å². The molecule has 2 aromatic carbocycles. The van der Waals surface area contributed by atoms with E-state index in [0.29, 0.717) is 23.3 Å². The number of aromatic hydroxyl groups is 3. The zero-order chi connectivity index (χ0) is 18.1. The van der Waals surface area contributed by atoms with Gasteiger partial charge in [0.05, 0.1) is 19.2 Å². The number of methoxy groups -OCH3 is 1. The summed E-state index contributed by atoms with van der Waals surface area (Å²) in [7, 11) is 1.51. The van der Waals surface area contributed by atoms with Gasteiger partial charge in [0.2, 0.25) is 5.91 Å². The van der Waals surface area contributed by atoms with Crippen molar-refractivity contribution in [2.45, 2.75) is 25.4 Å². The molecule has 2 unspecified atom stereocenters. The summed E-state index contributed by atoms with van der Waals surface area (Å²) in [6.07, 6.45) is 0.456. The maximum Gasteiger partial charge on any atom is 0.234 e. The number of carbonyl (C=O) groups is 1. The maximum atomic E-state index is 12.0. The van der Waals surface area contributed by atoms with Crippen molar-refractivity contribution in [3.05, 3.63) is 47.5 Å². The second-order valence-corrected chi connectivity index (χ2v) is 5.99. The molecule has 25 heavy (non-hydrogen) atoms. The van der Waals surface area contributed by atoms with E-state index in [1.807, 2.05) is 0 Å². The van der Waals surface area contributed by atoms with Gasteiger partial charge in [0.25, 0.3) is 0 Å². The van der Waals surface area contributed by atoms with Gasteiger partial charge in [0, 0.05) is 30.2 Å². The Morgan fingerprint density at radius 2 is 1.80 bits per heavy atom. The van der Waals surface area contributed by atoms with Crippen LogP contribution in [0.2, 0.25) is 0 Å². The number of ether oxygens (including phenoxy) is 1. The molecule has 0 aromatic heterocycles. The van der Waals surface area contributed by atoms with Crippen LogP contribution in [0.5, 0.6) is 23.0 Å². The molecule has 2 aromatic rings. The Labute approximate surface area is 145 Å². The summed E-state index contributed by atoms with van der Waals surface area (Å²) in [6, 6.07) is 8.54. The quantitative estimate of drug-likeness (QED) is 0.682. The summed E-state index contributed by atoms with van der Waals surface area (Å²) >= 11 is 0. The first kappa shape index (κ1) is 16.9. The lowest BCUT2D eigenvalue weighted by atomic mass is 9.96. The lowest BCUT2D eigenvalue weighted by molar-refractivity contribution is -0.132. The molecule has 1 aliphatic heterocycles. The first-order chi connectivity index (χ1) is 11.9. The van der Waals surface area contributed by atoms with Gasteiger partial charge in [-0.25, -0.2) is 5.43 Å². The van der Waals surface area contributed by atoms with E-state index >= 15 is 0 Å². The van der Waals surface area contributed by atoms with E-state index in [0.717, 1.165) is 0 Å². The zero-order valence-corrected chi connectivity index (χ0v) is 13.9. The molecular weight excluding hydrogens is 324 g/mol. The Bertz CT molecular complexity index is 808. The molecule has 0 bridgehead atoms. The van der Waals surface area contributed by atoms with Crippen molar-refractivity contribution in [3.63, 3.8) is 0 Å². The number of nitrogens with one attached hydrogen (secondary N) is 1. The molecule has 3 rings (SSSR count). The van der Waals surface area contributed by atoms with E-state index < -0.39 is 6.04 Å². The maximum absolute atomic E-state index is 12.0.